The normalized spacial score (nSPS) is 16.6. The maximum Gasteiger partial charge on any atom is 0.0474 e. The first-order chi connectivity index (χ1) is 8.71. The first-order valence-corrected chi connectivity index (χ1v) is 6.64. The molecule has 2 N–H and O–H groups in total. The van der Waals surface area contributed by atoms with E-state index in [9.17, 15) is 0 Å². The minimum absolute atomic E-state index is 0.126. The third-order valence-corrected chi connectivity index (χ3v) is 3.85. The summed E-state index contributed by atoms with van der Waals surface area (Å²) in [5, 5.41) is 0. The van der Waals surface area contributed by atoms with E-state index >= 15 is 0 Å². The molecular formula is C15H15ClN2. The van der Waals surface area contributed by atoms with Gasteiger partial charge in [-0.2, -0.15) is 0 Å². The van der Waals surface area contributed by atoms with Crippen molar-refractivity contribution >= 4 is 11.6 Å². The number of hydrogen-bond donors (Lipinski definition) is 1. The van der Waals surface area contributed by atoms with Crippen LogP contribution in [0.3, 0.4) is 0 Å². The Bertz CT molecular complexity index is 559. The van der Waals surface area contributed by atoms with Gasteiger partial charge < -0.3 is 5.73 Å². The molecule has 0 spiro atoms. The van der Waals surface area contributed by atoms with E-state index in [2.05, 4.69) is 23.2 Å². The molecule has 92 valence electrons. The van der Waals surface area contributed by atoms with E-state index in [4.69, 9.17) is 17.3 Å². The summed E-state index contributed by atoms with van der Waals surface area (Å²) in [7, 11) is 0. The van der Waals surface area contributed by atoms with Crippen LogP contribution in [0.4, 0.5) is 0 Å². The minimum atomic E-state index is -0.126. The smallest absolute Gasteiger partial charge is 0.0474 e. The summed E-state index contributed by atoms with van der Waals surface area (Å²) < 4.78 is 0. The third kappa shape index (κ3) is 2.14. The van der Waals surface area contributed by atoms with Gasteiger partial charge in [-0.15, -0.1) is 11.6 Å². The Hall–Kier alpha value is -1.38. The molecule has 0 amide bonds. The number of alkyl halides is 1. The number of aromatic nitrogens is 1. The number of nitrogens with two attached hydrogens (primary N) is 1. The number of nitrogens with zero attached hydrogens (tertiary/aromatic N) is 1. The van der Waals surface area contributed by atoms with E-state index in [1.54, 1.807) is 0 Å². The van der Waals surface area contributed by atoms with Gasteiger partial charge in [0.05, 0.1) is 0 Å². The lowest BCUT2D eigenvalue weighted by molar-refractivity contribution is 0.735. The van der Waals surface area contributed by atoms with Crippen LogP contribution in [-0.2, 0) is 11.4 Å². The second-order valence-corrected chi connectivity index (χ2v) is 5.22. The van der Waals surface area contributed by atoms with Crippen LogP contribution in [0.1, 0.15) is 24.0 Å². The van der Waals surface area contributed by atoms with E-state index in [-0.39, 0.29) is 5.54 Å². The third-order valence-electron chi connectivity index (χ3n) is 3.54. The Morgan fingerprint density at radius 2 is 1.83 bits per heavy atom. The molecule has 0 unspecified atom stereocenters. The van der Waals surface area contributed by atoms with Crippen molar-refractivity contribution in [3.63, 3.8) is 0 Å². The van der Waals surface area contributed by atoms with E-state index in [1.807, 2.05) is 24.5 Å². The highest BCUT2D eigenvalue weighted by atomic mass is 35.5. The van der Waals surface area contributed by atoms with Gasteiger partial charge in [0.25, 0.3) is 0 Å². The maximum absolute atomic E-state index is 6.20. The van der Waals surface area contributed by atoms with Crippen LogP contribution in [0.2, 0.25) is 0 Å². The van der Waals surface area contributed by atoms with E-state index < -0.39 is 0 Å². The highest BCUT2D eigenvalue weighted by Gasteiger charge is 2.40. The van der Waals surface area contributed by atoms with Crippen LogP contribution >= 0.6 is 11.6 Å². The molecule has 2 nitrogen and oxygen atoms in total. The SMILES string of the molecule is NC1(c2cncc(-c3ccc(CCl)cc3)c2)CC1. The quantitative estimate of drug-likeness (QED) is 0.857. The number of pyridine rings is 1. The van der Waals surface area contributed by atoms with Gasteiger partial charge in [-0.05, 0) is 35.6 Å². The molecule has 1 heterocycles. The summed E-state index contributed by atoms with van der Waals surface area (Å²) >= 11 is 5.79. The first kappa shape index (κ1) is 11.7. The van der Waals surface area contributed by atoms with E-state index in [0.717, 1.165) is 35.1 Å². The maximum atomic E-state index is 6.20. The van der Waals surface area contributed by atoms with Crippen LogP contribution in [0.5, 0.6) is 0 Å². The average Bonchev–Trinajstić information content (AvgIpc) is 3.18. The zero-order valence-corrected chi connectivity index (χ0v) is 10.8. The molecule has 0 bridgehead atoms. The molecule has 1 aliphatic carbocycles. The molecule has 2 aromatic rings. The molecule has 18 heavy (non-hydrogen) atoms. The van der Waals surface area contributed by atoms with Crippen LogP contribution < -0.4 is 5.73 Å². The van der Waals surface area contributed by atoms with Crippen molar-refractivity contribution in [2.45, 2.75) is 24.3 Å². The largest absolute Gasteiger partial charge is 0.321 e. The summed E-state index contributed by atoms with van der Waals surface area (Å²) in [6, 6.07) is 10.4. The zero-order chi connectivity index (χ0) is 12.6. The van der Waals surface area contributed by atoms with Gasteiger partial charge in [0, 0.05) is 29.4 Å². The summed E-state index contributed by atoms with van der Waals surface area (Å²) in [5.41, 5.74) is 10.6. The standard InChI is InChI=1S/C15H15ClN2/c16-8-11-1-3-12(4-2-11)13-7-14(10-18-9-13)15(17)5-6-15/h1-4,7,9-10H,5-6,8,17H2. The lowest BCUT2D eigenvalue weighted by atomic mass is 10.0. The monoisotopic (exact) mass is 258 g/mol. The molecule has 1 aliphatic rings. The number of rotatable bonds is 3. The lowest BCUT2D eigenvalue weighted by Crippen LogP contribution is -2.18. The van der Waals surface area contributed by atoms with E-state index in [1.165, 1.54) is 0 Å². The molecule has 1 aromatic heterocycles. The van der Waals surface area contributed by atoms with Gasteiger partial charge in [-0.1, -0.05) is 24.3 Å². The lowest BCUT2D eigenvalue weighted by Gasteiger charge is -2.10. The van der Waals surface area contributed by atoms with Gasteiger partial charge in [-0.3, -0.25) is 4.98 Å². The van der Waals surface area contributed by atoms with Crippen LogP contribution in [0.15, 0.2) is 42.7 Å². The predicted molar refractivity (Wildman–Crippen MR) is 74.3 cm³/mol. The summed E-state index contributed by atoms with van der Waals surface area (Å²) in [5.74, 6) is 0.546. The molecule has 0 saturated heterocycles. The zero-order valence-electron chi connectivity index (χ0n) is 10.1. The predicted octanol–water partition coefficient (Wildman–Crippen LogP) is 3.44. The molecular weight excluding hydrogens is 244 g/mol. The van der Waals surface area contributed by atoms with Gasteiger partial charge >= 0.3 is 0 Å². The minimum Gasteiger partial charge on any atom is -0.321 e. The van der Waals surface area contributed by atoms with Crippen molar-refractivity contribution in [1.29, 1.82) is 0 Å². The second-order valence-electron chi connectivity index (χ2n) is 4.95. The van der Waals surface area contributed by atoms with Crippen molar-refractivity contribution in [3.05, 3.63) is 53.9 Å². The first-order valence-electron chi connectivity index (χ1n) is 6.11. The van der Waals surface area contributed by atoms with Crippen molar-refractivity contribution in [2.24, 2.45) is 5.73 Å². The van der Waals surface area contributed by atoms with Gasteiger partial charge in [-0.25, -0.2) is 0 Å². The molecule has 1 fully saturated rings. The molecule has 1 aromatic carbocycles. The van der Waals surface area contributed by atoms with Crippen LogP contribution in [-0.4, -0.2) is 4.98 Å². The summed E-state index contributed by atoms with van der Waals surface area (Å²) in [6.07, 6.45) is 5.88. The fourth-order valence-corrected chi connectivity index (χ4v) is 2.26. The number of halogens is 1. The number of benzene rings is 1. The summed E-state index contributed by atoms with van der Waals surface area (Å²) in [6.45, 7) is 0. The van der Waals surface area contributed by atoms with Gasteiger partial charge in [0.2, 0.25) is 0 Å². The Kier molecular flexibility index (Phi) is 2.84. The Morgan fingerprint density at radius 1 is 1.11 bits per heavy atom. The fraction of sp³-hybridized carbons (Fsp3) is 0.267. The van der Waals surface area contributed by atoms with E-state index in [0.29, 0.717) is 5.88 Å². The highest BCUT2D eigenvalue weighted by Crippen LogP contribution is 2.43. The van der Waals surface area contributed by atoms with Crippen molar-refractivity contribution in [2.75, 3.05) is 0 Å². The van der Waals surface area contributed by atoms with Crippen molar-refractivity contribution in [3.8, 4) is 11.1 Å². The second kappa shape index (κ2) is 4.38. The Balaban J connectivity index is 1.95. The number of hydrogen-bond acceptors (Lipinski definition) is 2. The fourth-order valence-electron chi connectivity index (χ4n) is 2.08. The average molecular weight is 259 g/mol. The van der Waals surface area contributed by atoms with Gasteiger partial charge in [0.15, 0.2) is 0 Å². The summed E-state index contributed by atoms with van der Waals surface area (Å²) in [4.78, 5) is 4.30. The highest BCUT2D eigenvalue weighted by molar-refractivity contribution is 6.17. The van der Waals surface area contributed by atoms with Crippen molar-refractivity contribution < 1.29 is 0 Å². The molecule has 3 rings (SSSR count). The molecule has 0 radical (unpaired) electrons. The Morgan fingerprint density at radius 3 is 2.44 bits per heavy atom. The van der Waals surface area contributed by atoms with Crippen LogP contribution in [0.25, 0.3) is 11.1 Å². The molecule has 1 saturated carbocycles. The van der Waals surface area contributed by atoms with Crippen molar-refractivity contribution in [1.82, 2.24) is 4.98 Å². The molecule has 0 aliphatic heterocycles. The van der Waals surface area contributed by atoms with Crippen LogP contribution in [0, 0.1) is 0 Å². The Labute approximate surface area is 112 Å². The molecule has 3 heteroatoms. The van der Waals surface area contributed by atoms with Gasteiger partial charge in [0.1, 0.15) is 0 Å². The topological polar surface area (TPSA) is 38.9 Å². The molecule has 0 atom stereocenters.